The van der Waals surface area contributed by atoms with Crippen LogP contribution in [0.15, 0.2) is 48.5 Å². The molecule has 7 nitrogen and oxygen atoms in total. The number of hydrogen-bond donors (Lipinski definition) is 3. The lowest BCUT2D eigenvalue weighted by Crippen LogP contribution is -2.45. The molecule has 2 aromatic rings. The maximum atomic E-state index is 12.2. The number of fused-ring (bicyclic) bond motifs is 3. The van der Waals surface area contributed by atoms with Crippen LogP contribution < -0.4 is 10.6 Å². The van der Waals surface area contributed by atoms with E-state index < -0.39 is 18.1 Å². The lowest BCUT2D eigenvalue weighted by Gasteiger charge is -2.20. The lowest BCUT2D eigenvalue weighted by molar-refractivity contribution is -0.143. The van der Waals surface area contributed by atoms with Crippen molar-refractivity contribution < 1.29 is 24.2 Å². The molecule has 0 heterocycles. The van der Waals surface area contributed by atoms with Crippen molar-refractivity contribution in [2.75, 3.05) is 13.2 Å². The molecule has 0 aromatic heterocycles. The summed E-state index contributed by atoms with van der Waals surface area (Å²) in [7, 11) is 0. The van der Waals surface area contributed by atoms with Crippen LogP contribution in [0.4, 0.5) is 4.79 Å². The minimum atomic E-state index is -1.04. The van der Waals surface area contributed by atoms with Gasteiger partial charge in [0.1, 0.15) is 12.6 Å². The van der Waals surface area contributed by atoms with Gasteiger partial charge in [-0.1, -0.05) is 68.8 Å². The average Bonchev–Trinajstić information content (AvgIpc) is 3.12. The summed E-state index contributed by atoms with van der Waals surface area (Å²) >= 11 is 0. The predicted molar refractivity (Wildman–Crippen MR) is 121 cm³/mol. The van der Waals surface area contributed by atoms with Gasteiger partial charge in [0.2, 0.25) is 5.91 Å². The molecule has 2 amide bonds. The van der Waals surface area contributed by atoms with Crippen molar-refractivity contribution in [3.8, 4) is 11.1 Å². The fraction of sp³-hybridized carbons (Fsp3) is 0.400. The van der Waals surface area contributed by atoms with Crippen molar-refractivity contribution in [2.24, 2.45) is 5.92 Å². The molecule has 0 saturated carbocycles. The number of ether oxygens (including phenoxy) is 1. The van der Waals surface area contributed by atoms with E-state index in [1.165, 1.54) is 11.1 Å². The third-order valence-corrected chi connectivity index (χ3v) is 5.99. The zero-order chi connectivity index (χ0) is 23.1. The first-order valence-electron chi connectivity index (χ1n) is 11.0. The summed E-state index contributed by atoms with van der Waals surface area (Å²) in [5.41, 5.74) is 4.63. The molecule has 0 spiro atoms. The second-order valence-corrected chi connectivity index (χ2v) is 8.12. The van der Waals surface area contributed by atoms with E-state index in [0.29, 0.717) is 12.8 Å². The molecule has 2 aromatic carbocycles. The number of aliphatic carboxylic acids is 1. The van der Waals surface area contributed by atoms with Gasteiger partial charge in [0.05, 0.1) is 0 Å². The molecule has 0 bridgehead atoms. The van der Waals surface area contributed by atoms with E-state index in [1.807, 2.05) is 31.2 Å². The molecule has 1 aliphatic rings. The molecule has 0 fully saturated rings. The van der Waals surface area contributed by atoms with Crippen LogP contribution >= 0.6 is 0 Å². The van der Waals surface area contributed by atoms with Crippen LogP contribution in [0, 0.1) is 5.92 Å². The quantitative estimate of drug-likeness (QED) is 0.488. The Morgan fingerprint density at radius 2 is 1.62 bits per heavy atom. The first-order valence-corrected chi connectivity index (χ1v) is 11.0. The average molecular weight is 439 g/mol. The van der Waals surface area contributed by atoms with E-state index >= 15 is 0 Å². The molecule has 0 radical (unpaired) electrons. The Labute approximate surface area is 188 Å². The Balaban J connectivity index is 1.43. The normalized spacial score (nSPS) is 14.1. The number of amides is 2. The second-order valence-electron chi connectivity index (χ2n) is 8.12. The Hall–Kier alpha value is -3.35. The molecule has 170 valence electrons. The highest BCUT2D eigenvalue weighted by Gasteiger charge is 2.29. The summed E-state index contributed by atoms with van der Waals surface area (Å²) in [6.45, 7) is 4.17. The van der Waals surface area contributed by atoms with Gasteiger partial charge in [-0.25, -0.2) is 9.59 Å². The third kappa shape index (κ3) is 5.46. The summed E-state index contributed by atoms with van der Waals surface area (Å²) in [5.74, 6) is -1.54. The number of alkyl carbamates (subject to hydrolysis) is 1. The Bertz CT molecular complexity index is 929. The summed E-state index contributed by atoms with van der Waals surface area (Å²) in [6, 6.07) is 15.4. The molecule has 0 aliphatic heterocycles. The molecule has 32 heavy (non-hydrogen) atoms. The fourth-order valence-corrected chi connectivity index (χ4v) is 4.02. The Morgan fingerprint density at radius 3 is 2.19 bits per heavy atom. The summed E-state index contributed by atoms with van der Waals surface area (Å²) in [5, 5.41) is 14.5. The monoisotopic (exact) mass is 438 g/mol. The fourth-order valence-electron chi connectivity index (χ4n) is 4.02. The summed E-state index contributed by atoms with van der Waals surface area (Å²) in [6.07, 6.45) is 0.642. The van der Waals surface area contributed by atoms with Crippen LogP contribution in [0.3, 0.4) is 0 Å². The van der Waals surface area contributed by atoms with Gasteiger partial charge in [0, 0.05) is 18.9 Å². The second kappa shape index (κ2) is 10.8. The van der Waals surface area contributed by atoms with Gasteiger partial charge in [-0.15, -0.1) is 0 Å². The number of carbonyl (C=O) groups excluding carboxylic acids is 2. The minimum Gasteiger partial charge on any atom is -0.480 e. The number of carbonyl (C=O) groups is 3. The van der Waals surface area contributed by atoms with E-state index in [9.17, 15) is 19.5 Å². The van der Waals surface area contributed by atoms with Crippen molar-refractivity contribution in [1.29, 1.82) is 0 Å². The van der Waals surface area contributed by atoms with Crippen LogP contribution in [-0.4, -0.2) is 42.3 Å². The van der Waals surface area contributed by atoms with Gasteiger partial charge in [-0.2, -0.15) is 0 Å². The maximum Gasteiger partial charge on any atom is 0.407 e. The van der Waals surface area contributed by atoms with E-state index in [0.717, 1.165) is 11.1 Å². The number of carboxylic acid groups (broad SMARTS) is 1. The zero-order valence-electron chi connectivity index (χ0n) is 18.5. The highest BCUT2D eigenvalue weighted by atomic mass is 16.5. The number of nitrogens with one attached hydrogen (secondary N) is 2. The van der Waals surface area contributed by atoms with E-state index in [2.05, 4.69) is 34.9 Å². The molecule has 3 rings (SSSR count). The predicted octanol–water partition coefficient (Wildman–Crippen LogP) is 3.92. The molecular formula is C25H30N2O5. The Morgan fingerprint density at radius 1 is 1.03 bits per heavy atom. The van der Waals surface area contributed by atoms with Crippen molar-refractivity contribution in [2.45, 2.75) is 45.1 Å². The molecule has 1 unspecified atom stereocenters. The topological polar surface area (TPSA) is 105 Å². The summed E-state index contributed by atoms with van der Waals surface area (Å²) < 4.78 is 5.46. The van der Waals surface area contributed by atoms with Gasteiger partial charge in [0.15, 0.2) is 0 Å². The van der Waals surface area contributed by atoms with Crippen molar-refractivity contribution in [1.82, 2.24) is 10.6 Å². The molecule has 1 aliphatic carbocycles. The van der Waals surface area contributed by atoms with Crippen molar-refractivity contribution in [3.63, 3.8) is 0 Å². The number of carboxylic acids is 1. The van der Waals surface area contributed by atoms with Crippen LogP contribution in [-0.2, 0) is 14.3 Å². The van der Waals surface area contributed by atoms with Crippen LogP contribution in [0.1, 0.15) is 50.2 Å². The molecule has 3 N–H and O–H groups in total. The zero-order valence-corrected chi connectivity index (χ0v) is 18.5. The number of hydrogen-bond acceptors (Lipinski definition) is 4. The standard InChI is InChI=1S/C25H30N2O5/c1-3-16(2)23(24(29)30)27-22(28)13-8-14-26-25(31)32-15-21-19-11-6-4-9-17(19)18-10-5-7-12-20(18)21/h4-7,9-12,16,21,23H,3,8,13-15H2,1-2H3,(H,26,31)(H,27,28)(H,29,30)/t16?,23-/m0/s1. The highest BCUT2D eigenvalue weighted by Crippen LogP contribution is 2.44. The lowest BCUT2D eigenvalue weighted by atomic mass is 9.98. The third-order valence-electron chi connectivity index (χ3n) is 5.99. The van der Waals surface area contributed by atoms with Crippen molar-refractivity contribution >= 4 is 18.0 Å². The van der Waals surface area contributed by atoms with Gasteiger partial charge in [-0.3, -0.25) is 4.79 Å². The Kier molecular flexibility index (Phi) is 7.87. The van der Waals surface area contributed by atoms with Crippen molar-refractivity contribution in [3.05, 3.63) is 59.7 Å². The van der Waals surface area contributed by atoms with Crippen LogP contribution in [0.25, 0.3) is 11.1 Å². The number of rotatable bonds is 10. The van der Waals surface area contributed by atoms with E-state index in [-0.39, 0.29) is 37.3 Å². The van der Waals surface area contributed by atoms with Gasteiger partial charge in [0.25, 0.3) is 0 Å². The van der Waals surface area contributed by atoms with E-state index in [1.54, 1.807) is 6.92 Å². The van der Waals surface area contributed by atoms with Crippen LogP contribution in [0.5, 0.6) is 0 Å². The number of benzene rings is 2. The SMILES string of the molecule is CCC(C)[C@H](NC(=O)CCCNC(=O)OCC1c2ccccc2-c2ccccc21)C(=O)O. The smallest absolute Gasteiger partial charge is 0.407 e. The highest BCUT2D eigenvalue weighted by molar-refractivity contribution is 5.83. The first kappa shape index (κ1) is 23.3. The summed E-state index contributed by atoms with van der Waals surface area (Å²) in [4.78, 5) is 35.5. The molecule has 7 heteroatoms. The molecule has 2 atom stereocenters. The first-order chi connectivity index (χ1) is 15.4. The largest absolute Gasteiger partial charge is 0.480 e. The van der Waals surface area contributed by atoms with Gasteiger partial charge >= 0.3 is 12.1 Å². The minimum absolute atomic E-state index is 0.00700. The van der Waals surface area contributed by atoms with Gasteiger partial charge < -0.3 is 20.5 Å². The maximum absolute atomic E-state index is 12.2. The molecular weight excluding hydrogens is 408 g/mol. The van der Waals surface area contributed by atoms with Crippen LogP contribution in [0.2, 0.25) is 0 Å². The molecule has 0 saturated heterocycles. The van der Waals surface area contributed by atoms with Gasteiger partial charge in [-0.05, 0) is 34.6 Å². The van der Waals surface area contributed by atoms with E-state index in [4.69, 9.17) is 4.74 Å².